The van der Waals surface area contributed by atoms with Crippen molar-refractivity contribution in [2.24, 2.45) is 0 Å². The molecule has 9 aromatic heterocycles. The highest BCUT2D eigenvalue weighted by atomic mass is 14.8. The molecule has 0 amide bonds. The van der Waals surface area contributed by atoms with Crippen molar-refractivity contribution < 1.29 is 0 Å². The van der Waals surface area contributed by atoms with Gasteiger partial charge in [-0.05, 0) is 229 Å². The van der Waals surface area contributed by atoms with Gasteiger partial charge < -0.3 is 0 Å². The molecular formula is C104H68N10. The minimum Gasteiger partial charge on any atom is -0.256 e. The van der Waals surface area contributed by atoms with Gasteiger partial charge in [0, 0.05) is 105 Å². The predicted octanol–water partition coefficient (Wildman–Crippen LogP) is 25.6. The summed E-state index contributed by atoms with van der Waals surface area (Å²) in [5, 5.41) is 0. The van der Waals surface area contributed by atoms with E-state index in [2.05, 4.69) is 305 Å². The molecule has 19 rings (SSSR count). The number of hydrogen-bond donors (Lipinski definition) is 0. The molecule has 0 aliphatic heterocycles. The van der Waals surface area contributed by atoms with E-state index in [4.69, 9.17) is 29.9 Å². The third-order valence-corrected chi connectivity index (χ3v) is 20.9. The van der Waals surface area contributed by atoms with Crippen LogP contribution in [0.4, 0.5) is 0 Å². The first-order valence-corrected chi connectivity index (χ1v) is 37.9. The highest BCUT2D eigenvalue weighted by molar-refractivity contribution is 5.97. The molecule has 0 atom stereocenters. The maximum absolute atomic E-state index is 5.06. The Kier molecular flexibility index (Phi) is 18.9. The number of hydrogen-bond acceptors (Lipinski definition) is 10. The van der Waals surface area contributed by atoms with Crippen LogP contribution in [-0.4, -0.2) is 49.8 Å². The second-order valence-corrected chi connectivity index (χ2v) is 27.9. The Morgan fingerprint density at radius 1 is 0.114 bits per heavy atom. The van der Waals surface area contributed by atoms with Crippen LogP contribution in [0.3, 0.4) is 0 Å². The highest BCUT2D eigenvalue weighted by Gasteiger charge is 2.22. The van der Waals surface area contributed by atoms with Crippen LogP contribution < -0.4 is 0 Å². The molecule has 0 bridgehead atoms. The van der Waals surface area contributed by atoms with E-state index in [1.54, 1.807) is 6.33 Å². The van der Waals surface area contributed by atoms with Crippen molar-refractivity contribution in [3.05, 3.63) is 414 Å². The van der Waals surface area contributed by atoms with E-state index in [9.17, 15) is 0 Å². The smallest absolute Gasteiger partial charge is 0.116 e. The van der Waals surface area contributed by atoms with Crippen molar-refractivity contribution in [2.45, 2.75) is 0 Å². The first-order chi connectivity index (χ1) is 56.5. The Bertz CT molecular complexity index is 5950. The van der Waals surface area contributed by atoms with Gasteiger partial charge in [0.1, 0.15) is 6.33 Å². The number of nitrogens with zero attached hydrogens (tertiary/aromatic N) is 10. The summed E-state index contributed by atoms with van der Waals surface area (Å²) in [6.07, 6.45) is 16.6. The molecule has 0 radical (unpaired) electrons. The summed E-state index contributed by atoms with van der Waals surface area (Å²) in [6.45, 7) is 0. The fourth-order valence-electron chi connectivity index (χ4n) is 15.3. The van der Waals surface area contributed by atoms with E-state index in [0.717, 1.165) is 202 Å². The summed E-state index contributed by atoms with van der Waals surface area (Å²) in [5.74, 6) is 0. The van der Waals surface area contributed by atoms with Crippen LogP contribution >= 0.6 is 0 Å². The molecule has 10 heteroatoms. The zero-order valence-corrected chi connectivity index (χ0v) is 61.7. The van der Waals surface area contributed by atoms with Gasteiger partial charge in [0.05, 0.1) is 56.9 Å². The van der Waals surface area contributed by atoms with Crippen LogP contribution in [0, 0.1) is 0 Å². The van der Waals surface area contributed by atoms with Crippen LogP contribution in [0.25, 0.3) is 202 Å². The molecular weight excluding hydrogens is 1390 g/mol. The van der Waals surface area contributed by atoms with Gasteiger partial charge in [-0.25, -0.2) is 9.97 Å². The van der Waals surface area contributed by atoms with Gasteiger partial charge in [0.15, 0.2) is 0 Å². The van der Waals surface area contributed by atoms with Gasteiger partial charge in [0.25, 0.3) is 0 Å². The molecule has 0 spiro atoms. The van der Waals surface area contributed by atoms with E-state index in [-0.39, 0.29) is 0 Å². The van der Waals surface area contributed by atoms with Gasteiger partial charge in [-0.1, -0.05) is 218 Å². The molecule has 0 unspecified atom stereocenters. The van der Waals surface area contributed by atoms with Crippen molar-refractivity contribution >= 4 is 0 Å². The lowest BCUT2D eigenvalue weighted by Gasteiger charge is -2.18. The van der Waals surface area contributed by atoms with Gasteiger partial charge >= 0.3 is 0 Å². The number of rotatable bonds is 18. The lowest BCUT2D eigenvalue weighted by Crippen LogP contribution is -1.94. The Morgan fingerprint density at radius 3 is 0.535 bits per heavy atom. The van der Waals surface area contributed by atoms with Gasteiger partial charge in [0.2, 0.25) is 0 Å². The molecule has 114 heavy (non-hydrogen) atoms. The number of aromatic nitrogens is 10. The average molecular weight is 1460 g/mol. The van der Waals surface area contributed by atoms with E-state index in [1.165, 1.54) is 0 Å². The summed E-state index contributed by atoms with van der Waals surface area (Å²) in [6, 6.07) is 126. The molecule has 534 valence electrons. The second-order valence-electron chi connectivity index (χ2n) is 27.9. The van der Waals surface area contributed by atoms with Gasteiger partial charge in [-0.2, -0.15) is 0 Å². The molecule has 9 heterocycles. The molecule has 0 N–H and O–H groups in total. The van der Waals surface area contributed by atoms with Crippen molar-refractivity contribution in [3.63, 3.8) is 0 Å². The normalized spacial score (nSPS) is 11.2. The van der Waals surface area contributed by atoms with Gasteiger partial charge in [-0.15, -0.1) is 0 Å². The summed E-state index contributed by atoms with van der Waals surface area (Å²) < 4.78 is 0. The third-order valence-electron chi connectivity index (χ3n) is 20.9. The van der Waals surface area contributed by atoms with E-state index >= 15 is 0 Å². The summed E-state index contributed by atoms with van der Waals surface area (Å²) in [4.78, 5) is 48.4. The first-order valence-electron chi connectivity index (χ1n) is 37.9. The predicted molar refractivity (Wildman–Crippen MR) is 462 cm³/mol. The van der Waals surface area contributed by atoms with E-state index in [1.807, 2.05) is 122 Å². The van der Waals surface area contributed by atoms with Crippen LogP contribution in [0.1, 0.15) is 0 Å². The van der Waals surface area contributed by atoms with Crippen LogP contribution in [0.2, 0.25) is 0 Å². The van der Waals surface area contributed by atoms with Crippen molar-refractivity contribution in [1.82, 2.24) is 49.8 Å². The zero-order chi connectivity index (χ0) is 75.9. The van der Waals surface area contributed by atoms with Crippen molar-refractivity contribution in [2.75, 3.05) is 0 Å². The SMILES string of the molecule is c1ccc(-c2ccc(-c3ccccc3-c3cc(-c4ccccc4-c4ccc(-c5cc(-c6ccc(-c7ccccc7-c7cc(-c8ccccc8-c8ccc(-c9ccccn9)cn8)cc(-c8ccccc8-c8ccc(-c9ccccn9)cn8)c7)cc6)ncn5)cc4)cc(-c4ccccc4-c4ccc(-c5ccccn5)cn4)c3)nc2)nc1. The Balaban J connectivity index is 0.643. The van der Waals surface area contributed by atoms with Crippen molar-refractivity contribution in [3.8, 4) is 202 Å². The van der Waals surface area contributed by atoms with Crippen molar-refractivity contribution in [1.29, 1.82) is 0 Å². The summed E-state index contributed by atoms with van der Waals surface area (Å²) >= 11 is 0. The first kappa shape index (κ1) is 69.0. The quantitative estimate of drug-likeness (QED) is 0.0819. The molecule has 10 nitrogen and oxygen atoms in total. The molecule has 0 saturated heterocycles. The molecule has 0 aliphatic carbocycles. The second kappa shape index (κ2) is 31.2. The number of benzene rings is 10. The topological polar surface area (TPSA) is 129 Å². The van der Waals surface area contributed by atoms with E-state index in [0.29, 0.717) is 0 Å². The minimum atomic E-state index is 0.819. The molecule has 0 fully saturated rings. The molecule has 0 aliphatic rings. The standard InChI is InChI=1S/C104H68N10/c1-3-23-85(77-57-79(87-25-5-9-29-91(87)99-49-45-73(64-109-99)95-33-13-17-53-105-95)61-80(58-77)88-26-6-10-30-92(88)100-50-46-74(65-110-100)96-34-14-18-54-106-96)83(21-1)69-37-41-71(42-38-69)103-63-104(114-68-113-103)72-43-39-70(40-44-72)84-22-2-4-24-86(84)78-59-81(89-27-7-11-31-93(89)101-51-47-75(66-111-101)97-35-15-19-55-107-97)62-82(60-78)90-28-8-12-32-94(90)102-52-48-76(67-112-102)98-36-16-20-56-108-98/h1-68H. The largest absolute Gasteiger partial charge is 0.256 e. The molecule has 0 saturated carbocycles. The Hall–Kier alpha value is -15.5. The molecule has 19 aromatic rings. The zero-order valence-electron chi connectivity index (χ0n) is 61.7. The fourth-order valence-corrected chi connectivity index (χ4v) is 15.3. The summed E-state index contributed by atoms with van der Waals surface area (Å²) in [7, 11) is 0. The van der Waals surface area contributed by atoms with Crippen LogP contribution in [0.5, 0.6) is 0 Å². The van der Waals surface area contributed by atoms with Crippen LogP contribution in [-0.2, 0) is 0 Å². The summed E-state index contributed by atoms with van der Waals surface area (Å²) in [5.41, 5.74) is 35.5. The molecule has 10 aromatic carbocycles. The third kappa shape index (κ3) is 14.2. The Labute approximate surface area is 661 Å². The fraction of sp³-hybridized carbons (Fsp3) is 0. The van der Waals surface area contributed by atoms with Crippen LogP contribution in [0.15, 0.2) is 414 Å². The number of pyridine rings is 8. The van der Waals surface area contributed by atoms with E-state index < -0.39 is 0 Å². The maximum Gasteiger partial charge on any atom is 0.116 e. The average Bonchev–Trinajstić information content (AvgIpc) is 0.794. The maximum atomic E-state index is 5.06. The van der Waals surface area contributed by atoms with Gasteiger partial charge in [-0.3, -0.25) is 39.9 Å². The lowest BCUT2D eigenvalue weighted by atomic mass is 9.87. The minimum absolute atomic E-state index is 0.819. The monoisotopic (exact) mass is 1460 g/mol. The Morgan fingerprint density at radius 2 is 0.316 bits per heavy atom. The lowest BCUT2D eigenvalue weighted by molar-refractivity contribution is 1.18. The highest BCUT2D eigenvalue weighted by Crippen LogP contribution is 2.46.